The SMILES string of the molecule is COc1cc(-c2nc3cc(C(=O)N(C)C)ccc3n2C2(C)COC2)c(F)c(O)c1O. The number of carbonyl (C=O) groups excluding carboxylic acids is 1. The summed E-state index contributed by atoms with van der Waals surface area (Å²) in [7, 11) is 4.62. The predicted molar refractivity (Wildman–Crippen MR) is 107 cm³/mol. The van der Waals surface area contributed by atoms with E-state index in [0.29, 0.717) is 29.8 Å². The Labute approximate surface area is 172 Å². The molecule has 1 saturated heterocycles. The van der Waals surface area contributed by atoms with Crippen molar-refractivity contribution in [2.24, 2.45) is 0 Å². The van der Waals surface area contributed by atoms with E-state index in [-0.39, 0.29) is 23.0 Å². The van der Waals surface area contributed by atoms with Crippen molar-refractivity contribution in [3.63, 3.8) is 0 Å². The Balaban J connectivity index is 2.01. The van der Waals surface area contributed by atoms with Crippen LogP contribution in [0.15, 0.2) is 24.3 Å². The highest BCUT2D eigenvalue weighted by Gasteiger charge is 2.39. The first-order valence-electron chi connectivity index (χ1n) is 9.29. The van der Waals surface area contributed by atoms with Gasteiger partial charge in [0.1, 0.15) is 5.82 Å². The number of ether oxygens (including phenoxy) is 2. The summed E-state index contributed by atoms with van der Waals surface area (Å²) in [4.78, 5) is 18.4. The Morgan fingerprint density at radius 2 is 1.97 bits per heavy atom. The summed E-state index contributed by atoms with van der Waals surface area (Å²) in [6.07, 6.45) is 0. The van der Waals surface area contributed by atoms with Crippen molar-refractivity contribution in [1.29, 1.82) is 0 Å². The van der Waals surface area contributed by atoms with E-state index in [1.807, 2.05) is 11.5 Å². The smallest absolute Gasteiger partial charge is 0.253 e. The van der Waals surface area contributed by atoms with Crippen molar-refractivity contribution in [3.05, 3.63) is 35.6 Å². The van der Waals surface area contributed by atoms with Gasteiger partial charge in [-0.3, -0.25) is 4.79 Å². The Morgan fingerprint density at radius 3 is 2.53 bits per heavy atom. The summed E-state index contributed by atoms with van der Waals surface area (Å²) < 4.78 is 27.3. The second kappa shape index (κ2) is 6.88. The van der Waals surface area contributed by atoms with Gasteiger partial charge < -0.3 is 29.2 Å². The zero-order valence-corrected chi connectivity index (χ0v) is 17.1. The van der Waals surface area contributed by atoms with Crippen LogP contribution in [0.4, 0.5) is 4.39 Å². The summed E-state index contributed by atoms with van der Waals surface area (Å²) in [6, 6.07) is 6.40. The molecule has 4 rings (SSSR count). The number of carbonyl (C=O) groups is 1. The molecule has 0 atom stereocenters. The lowest BCUT2D eigenvalue weighted by atomic mass is 9.98. The molecule has 0 bridgehead atoms. The number of benzene rings is 2. The molecule has 158 valence electrons. The first-order valence-corrected chi connectivity index (χ1v) is 9.29. The number of phenols is 2. The van der Waals surface area contributed by atoms with Gasteiger partial charge >= 0.3 is 0 Å². The van der Waals surface area contributed by atoms with E-state index in [1.54, 1.807) is 32.3 Å². The molecule has 1 amide bonds. The molecule has 2 aromatic carbocycles. The van der Waals surface area contributed by atoms with E-state index in [9.17, 15) is 19.4 Å². The molecule has 0 saturated carbocycles. The summed E-state index contributed by atoms with van der Waals surface area (Å²) in [5.74, 6) is -2.64. The molecule has 30 heavy (non-hydrogen) atoms. The summed E-state index contributed by atoms with van der Waals surface area (Å²) in [5.41, 5.74) is 1.11. The monoisotopic (exact) mass is 415 g/mol. The fraction of sp³-hybridized carbons (Fsp3) is 0.333. The zero-order chi connectivity index (χ0) is 21.8. The highest BCUT2D eigenvalue weighted by Crippen LogP contribution is 2.44. The molecule has 0 aliphatic carbocycles. The number of imidazole rings is 1. The lowest BCUT2D eigenvalue weighted by Gasteiger charge is -2.40. The fourth-order valence-corrected chi connectivity index (χ4v) is 3.65. The van der Waals surface area contributed by atoms with Crippen LogP contribution in [0, 0.1) is 5.82 Å². The minimum atomic E-state index is -1.02. The van der Waals surface area contributed by atoms with Gasteiger partial charge in [-0.25, -0.2) is 9.37 Å². The van der Waals surface area contributed by atoms with Gasteiger partial charge in [-0.1, -0.05) is 0 Å². The van der Waals surface area contributed by atoms with E-state index in [4.69, 9.17) is 9.47 Å². The molecule has 1 aliphatic heterocycles. The number of aromatic nitrogens is 2. The van der Waals surface area contributed by atoms with Crippen LogP contribution in [-0.4, -0.2) is 65.0 Å². The quantitative estimate of drug-likeness (QED) is 0.636. The third kappa shape index (κ3) is 2.85. The minimum absolute atomic E-state index is 0.0352. The van der Waals surface area contributed by atoms with Crippen molar-refractivity contribution < 1.29 is 28.9 Å². The predicted octanol–water partition coefficient (Wildman–Crippen LogP) is 2.71. The van der Waals surface area contributed by atoms with E-state index >= 15 is 0 Å². The molecule has 1 fully saturated rings. The van der Waals surface area contributed by atoms with Crippen LogP contribution in [0.2, 0.25) is 0 Å². The number of nitrogens with zero attached hydrogens (tertiary/aromatic N) is 3. The average molecular weight is 415 g/mol. The third-order valence-corrected chi connectivity index (χ3v) is 5.31. The summed E-state index contributed by atoms with van der Waals surface area (Å²) in [6.45, 7) is 2.74. The maximum atomic E-state index is 15.0. The number of amides is 1. The van der Waals surface area contributed by atoms with Crippen molar-refractivity contribution in [2.45, 2.75) is 12.5 Å². The summed E-state index contributed by atoms with van der Waals surface area (Å²) >= 11 is 0. The number of rotatable bonds is 4. The largest absolute Gasteiger partial charge is 0.502 e. The van der Waals surface area contributed by atoms with Crippen molar-refractivity contribution in [2.75, 3.05) is 34.4 Å². The molecule has 8 nitrogen and oxygen atoms in total. The molecule has 1 aromatic heterocycles. The third-order valence-electron chi connectivity index (χ3n) is 5.31. The van der Waals surface area contributed by atoms with Gasteiger partial charge in [0.2, 0.25) is 5.75 Å². The number of fused-ring (bicyclic) bond motifs is 1. The molecule has 2 N–H and O–H groups in total. The average Bonchev–Trinajstić information content (AvgIpc) is 3.08. The van der Waals surface area contributed by atoms with Gasteiger partial charge in [0.15, 0.2) is 17.3 Å². The Bertz CT molecular complexity index is 1170. The van der Waals surface area contributed by atoms with E-state index < -0.39 is 22.9 Å². The van der Waals surface area contributed by atoms with Crippen molar-refractivity contribution >= 4 is 16.9 Å². The number of phenolic OH excluding ortho intramolecular Hbond substituents is 2. The van der Waals surface area contributed by atoms with Gasteiger partial charge in [0.05, 0.1) is 42.5 Å². The topological polar surface area (TPSA) is 97.1 Å². The van der Waals surface area contributed by atoms with Crippen molar-refractivity contribution in [1.82, 2.24) is 14.5 Å². The van der Waals surface area contributed by atoms with Crippen LogP contribution in [0.25, 0.3) is 22.4 Å². The summed E-state index contributed by atoms with van der Waals surface area (Å²) in [5, 5.41) is 20.0. The molecule has 9 heteroatoms. The van der Waals surface area contributed by atoms with E-state index in [0.717, 1.165) is 0 Å². The molecule has 0 radical (unpaired) electrons. The number of aromatic hydroxyl groups is 2. The van der Waals surface area contributed by atoms with Crippen LogP contribution in [0.1, 0.15) is 17.3 Å². The van der Waals surface area contributed by atoms with Gasteiger partial charge in [0.25, 0.3) is 5.91 Å². The van der Waals surface area contributed by atoms with Gasteiger partial charge in [0, 0.05) is 19.7 Å². The highest BCUT2D eigenvalue weighted by molar-refractivity contribution is 5.97. The van der Waals surface area contributed by atoms with Crippen LogP contribution in [0.3, 0.4) is 0 Å². The number of hydrogen-bond donors (Lipinski definition) is 2. The fourth-order valence-electron chi connectivity index (χ4n) is 3.65. The number of hydrogen-bond acceptors (Lipinski definition) is 6. The van der Waals surface area contributed by atoms with Gasteiger partial charge in [-0.05, 0) is 31.2 Å². The Kier molecular flexibility index (Phi) is 4.58. The first kappa shape index (κ1) is 20.0. The molecule has 0 unspecified atom stereocenters. The number of methoxy groups -OCH3 is 1. The standard InChI is InChI=1S/C21H22FN3O5/c1-21(9-30-10-21)25-14-6-5-11(20(28)24(2)3)7-13(14)23-19(25)12-8-15(29-4)17(26)18(27)16(12)22/h5-8,26-27H,9-10H2,1-4H3. The lowest BCUT2D eigenvalue weighted by molar-refractivity contribution is -0.0868. The molecule has 3 aromatic rings. The molecular formula is C21H22FN3O5. The minimum Gasteiger partial charge on any atom is -0.502 e. The van der Waals surface area contributed by atoms with Crippen LogP contribution in [-0.2, 0) is 10.3 Å². The van der Waals surface area contributed by atoms with Crippen LogP contribution >= 0.6 is 0 Å². The molecular weight excluding hydrogens is 393 g/mol. The second-order valence-electron chi connectivity index (χ2n) is 7.80. The second-order valence-corrected chi connectivity index (χ2v) is 7.80. The first-order chi connectivity index (χ1) is 14.2. The van der Waals surface area contributed by atoms with Crippen molar-refractivity contribution in [3.8, 4) is 28.6 Å². The zero-order valence-electron chi connectivity index (χ0n) is 17.1. The molecule has 2 heterocycles. The lowest BCUT2D eigenvalue weighted by Crippen LogP contribution is -2.49. The van der Waals surface area contributed by atoms with Crippen LogP contribution in [0.5, 0.6) is 17.2 Å². The Hall–Kier alpha value is -3.33. The maximum absolute atomic E-state index is 15.0. The highest BCUT2D eigenvalue weighted by atomic mass is 19.1. The maximum Gasteiger partial charge on any atom is 0.253 e. The van der Waals surface area contributed by atoms with Crippen LogP contribution < -0.4 is 4.74 Å². The Morgan fingerprint density at radius 1 is 1.27 bits per heavy atom. The number of halogens is 1. The van der Waals surface area contributed by atoms with Gasteiger partial charge in [-0.2, -0.15) is 0 Å². The van der Waals surface area contributed by atoms with E-state index in [2.05, 4.69) is 4.98 Å². The van der Waals surface area contributed by atoms with E-state index in [1.165, 1.54) is 18.1 Å². The molecule has 1 aliphatic rings. The van der Waals surface area contributed by atoms with Gasteiger partial charge in [-0.15, -0.1) is 0 Å². The molecule has 0 spiro atoms. The normalized spacial score (nSPS) is 15.1.